The Hall–Kier alpha value is -1.02. The number of ether oxygens (including phenoxy) is 1. The molecule has 1 fully saturated rings. The summed E-state index contributed by atoms with van der Waals surface area (Å²) < 4.78 is 5.73. The van der Waals surface area contributed by atoms with Crippen LogP contribution in [0.1, 0.15) is 56.9 Å². The summed E-state index contributed by atoms with van der Waals surface area (Å²) in [6, 6.07) is 9.60. The van der Waals surface area contributed by atoms with Gasteiger partial charge in [0.25, 0.3) is 0 Å². The Bertz CT molecular complexity index is 377. The molecule has 2 nitrogen and oxygen atoms in total. The Morgan fingerprint density at radius 2 is 1.70 bits per heavy atom. The van der Waals surface area contributed by atoms with Crippen LogP contribution < -0.4 is 4.74 Å². The molecule has 0 amide bonds. The molecule has 0 aliphatic heterocycles. The van der Waals surface area contributed by atoms with Crippen LogP contribution in [0, 0.1) is 0 Å². The summed E-state index contributed by atoms with van der Waals surface area (Å²) in [6.07, 6.45) is 7.61. The lowest BCUT2D eigenvalue weighted by Crippen LogP contribution is -2.31. The first-order valence-corrected chi connectivity index (χ1v) is 8.10. The van der Waals surface area contributed by atoms with E-state index in [1.54, 1.807) is 0 Å². The van der Waals surface area contributed by atoms with Gasteiger partial charge in [0.2, 0.25) is 0 Å². The Labute approximate surface area is 124 Å². The molecule has 2 rings (SSSR count). The molecule has 20 heavy (non-hydrogen) atoms. The maximum absolute atomic E-state index is 5.73. The summed E-state index contributed by atoms with van der Waals surface area (Å²) in [5.74, 6) is 1.76. The molecule has 0 spiro atoms. The minimum atomic E-state index is 0.746. The molecule has 1 saturated carbocycles. The second-order valence-electron chi connectivity index (χ2n) is 6.24. The van der Waals surface area contributed by atoms with Gasteiger partial charge in [0.05, 0.1) is 6.61 Å². The molecule has 0 aromatic heterocycles. The largest absolute Gasteiger partial charge is 0.494 e. The van der Waals surface area contributed by atoms with Crippen LogP contribution in [0.3, 0.4) is 0 Å². The Balaban J connectivity index is 1.84. The first-order valence-electron chi connectivity index (χ1n) is 8.10. The molecule has 2 heteroatoms. The van der Waals surface area contributed by atoms with Crippen LogP contribution in [0.25, 0.3) is 0 Å². The van der Waals surface area contributed by atoms with Crippen molar-refractivity contribution in [2.75, 3.05) is 20.7 Å². The molecular weight excluding hydrogens is 246 g/mol. The van der Waals surface area contributed by atoms with E-state index >= 15 is 0 Å². The smallest absolute Gasteiger partial charge is 0.119 e. The van der Waals surface area contributed by atoms with Gasteiger partial charge >= 0.3 is 0 Å². The van der Waals surface area contributed by atoms with Gasteiger partial charge in [-0.05, 0) is 69.8 Å². The normalized spacial score (nSPS) is 23.0. The molecule has 0 saturated heterocycles. The molecule has 1 aliphatic carbocycles. The quantitative estimate of drug-likeness (QED) is 0.711. The van der Waals surface area contributed by atoms with Crippen LogP contribution in [0.15, 0.2) is 24.3 Å². The predicted octanol–water partition coefficient (Wildman–Crippen LogP) is 4.45. The van der Waals surface area contributed by atoms with Gasteiger partial charge in [-0.15, -0.1) is 0 Å². The van der Waals surface area contributed by atoms with E-state index in [0.29, 0.717) is 0 Å². The van der Waals surface area contributed by atoms with Gasteiger partial charge < -0.3 is 9.64 Å². The highest BCUT2D eigenvalue weighted by Crippen LogP contribution is 2.34. The van der Waals surface area contributed by atoms with Crippen LogP contribution in [-0.2, 0) is 0 Å². The molecular formula is C18H29NO. The Kier molecular flexibility index (Phi) is 5.90. The molecule has 112 valence electrons. The van der Waals surface area contributed by atoms with Crippen LogP contribution >= 0.6 is 0 Å². The summed E-state index contributed by atoms with van der Waals surface area (Å²) in [5.41, 5.74) is 1.49. The standard InChI is InChI=1S/C18H29NO/c1-4-5-14-20-18-12-8-16(9-13-18)15-6-10-17(11-7-15)19(2)3/h8-9,12-13,15,17H,4-7,10-11,14H2,1-3H3. The molecule has 0 atom stereocenters. The van der Waals surface area contributed by atoms with Gasteiger partial charge in [-0.25, -0.2) is 0 Å². The average Bonchev–Trinajstić information content (AvgIpc) is 2.48. The second-order valence-corrected chi connectivity index (χ2v) is 6.24. The lowest BCUT2D eigenvalue weighted by molar-refractivity contribution is 0.216. The zero-order valence-electron chi connectivity index (χ0n) is 13.3. The van der Waals surface area contributed by atoms with E-state index in [1.807, 2.05) is 0 Å². The molecule has 1 aliphatic rings. The number of benzene rings is 1. The Morgan fingerprint density at radius 1 is 1.05 bits per heavy atom. The molecule has 1 aromatic carbocycles. The monoisotopic (exact) mass is 275 g/mol. The molecule has 0 heterocycles. The van der Waals surface area contributed by atoms with Gasteiger partial charge in [-0.2, -0.15) is 0 Å². The van der Waals surface area contributed by atoms with Gasteiger partial charge in [-0.1, -0.05) is 25.5 Å². The van der Waals surface area contributed by atoms with E-state index in [2.05, 4.69) is 50.2 Å². The van der Waals surface area contributed by atoms with Crippen molar-refractivity contribution in [1.29, 1.82) is 0 Å². The second kappa shape index (κ2) is 7.68. The van der Waals surface area contributed by atoms with E-state index in [4.69, 9.17) is 4.74 Å². The third kappa shape index (κ3) is 4.24. The fourth-order valence-corrected chi connectivity index (χ4v) is 3.10. The fraction of sp³-hybridized carbons (Fsp3) is 0.667. The van der Waals surface area contributed by atoms with Crippen molar-refractivity contribution in [1.82, 2.24) is 4.90 Å². The lowest BCUT2D eigenvalue weighted by Gasteiger charge is -2.32. The summed E-state index contributed by atoms with van der Waals surface area (Å²) in [4.78, 5) is 2.38. The molecule has 0 N–H and O–H groups in total. The minimum absolute atomic E-state index is 0.746. The highest BCUT2D eigenvalue weighted by molar-refractivity contribution is 5.29. The van der Waals surface area contributed by atoms with Crippen LogP contribution in [0.2, 0.25) is 0 Å². The first-order chi connectivity index (χ1) is 9.70. The summed E-state index contributed by atoms with van der Waals surface area (Å²) in [5, 5.41) is 0. The Morgan fingerprint density at radius 3 is 2.25 bits per heavy atom. The molecule has 0 radical (unpaired) electrons. The van der Waals surface area contributed by atoms with Crippen LogP contribution in [0.5, 0.6) is 5.75 Å². The number of hydrogen-bond donors (Lipinski definition) is 0. The van der Waals surface area contributed by atoms with Crippen molar-refractivity contribution in [2.24, 2.45) is 0 Å². The number of unbranched alkanes of at least 4 members (excludes halogenated alkanes) is 1. The van der Waals surface area contributed by atoms with E-state index in [1.165, 1.54) is 37.7 Å². The SMILES string of the molecule is CCCCOc1ccc(C2CCC(N(C)C)CC2)cc1. The van der Waals surface area contributed by atoms with Crippen molar-refractivity contribution in [3.05, 3.63) is 29.8 Å². The average molecular weight is 275 g/mol. The fourth-order valence-electron chi connectivity index (χ4n) is 3.10. The number of rotatable bonds is 6. The predicted molar refractivity (Wildman–Crippen MR) is 85.5 cm³/mol. The van der Waals surface area contributed by atoms with Crippen molar-refractivity contribution >= 4 is 0 Å². The molecule has 1 aromatic rings. The lowest BCUT2D eigenvalue weighted by atomic mass is 9.81. The van der Waals surface area contributed by atoms with Gasteiger partial charge in [0.15, 0.2) is 0 Å². The third-order valence-corrected chi connectivity index (χ3v) is 4.55. The van der Waals surface area contributed by atoms with Crippen molar-refractivity contribution in [3.63, 3.8) is 0 Å². The van der Waals surface area contributed by atoms with E-state index in [0.717, 1.165) is 30.7 Å². The molecule has 0 unspecified atom stereocenters. The van der Waals surface area contributed by atoms with Gasteiger partial charge in [0.1, 0.15) is 5.75 Å². The zero-order valence-corrected chi connectivity index (χ0v) is 13.3. The van der Waals surface area contributed by atoms with E-state index in [9.17, 15) is 0 Å². The van der Waals surface area contributed by atoms with Crippen molar-refractivity contribution in [2.45, 2.75) is 57.4 Å². The first kappa shape index (κ1) is 15.4. The van der Waals surface area contributed by atoms with E-state index in [-0.39, 0.29) is 0 Å². The highest BCUT2D eigenvalue weighted by Gasteiger charge is 2.23. The zero-order chi connectivity index (χ0) is 14.4. The maximum atomic E-state index is 5.73. The summed E-state index contributed by atoms with van der Waals surface area (Å²) in [6.45, 7) is 3.03. The highest BCUT2D eigenvalue weighted by atomic mass is 16.5. The summed E-state index contributed by atoms with van der Waals surface area (Å²) in [7, 11) is 4.40. The third-order valence-electron chi connectivity index (χ3n) is 4.55. The van der Waals surface area contributed by atoms with Gasteiger partial charge in [-0.3, -0.25) is 0 Å². The minimum Gasteiger partial charge on any atom is -0.494 e. The topological polar surface area (TPSA) is 12.5 Å². The summed E-state index contributed by atoms with van der Waals surface area (Å²) >= 11 is 0. The maximum Gasteiger partial charge on any atom is 0.119 e. The van der Waals surface area contributed by atoms with E-state index < -0.39 is 0 Å². The molecule has 0 bridgehead atoms. The number of nitrogens with zero attached hydrogens (tertiary/aromatic N) is 1. The van der Waals surface area contributed by atoms with Crippen molar-refractivity contribution in [3.8, 4) is 5.75 Å². The van der Waals surface area contributed by atoms with Crippen molar-refractivity contribution < 1.29 is 4.74 Å². The van der Waals surface area contributed by atoms with Gasteiger partial charge in [0, 0.05) is 6.04 Å². The number of hydrogen-bond acceptors (Lipinski definition) is 2. The van der Waals surface area contributed by atoms with Crippen LogP contribution in [-0.4, -0.2) is 31.6 Å². The van der Waals surface area contributed by atoms with Crippen LogP contribution in [0.4, 0.5) is 0 Å².